The molecule has 0 spiro atoms. The third-order valence-corrected chi connectivity index (χ3v) is 16.7. The van der Waals surface area contributed by atoms with Crippen LogP contribution >= 0.6 is 0 Å². The minimum atomic E-state index is -0.539. The van der Waals surface area contributed by atoms with Gasteiger partial charge in [0.15, 0.2) is 5.82 Å². The molecule has 79 heavy (non-hydrogen) atoms. The Balaban J connectivity index is 0.997. The van der Waals surface area contributed by atoms with Crippen LogP contribution in [0.15, 0.2) is 205 Å². The van der Waals surface area contributed by atoms with Gasteiger partial charge in [-0.15, -0.1) is 0 Å². The lowest BCUT2D eigenvalue weighted by Crippen LogP contribution is -2.20. The molecule has 1 fully saturated rings. The van der Waals surface area contributed by atoms with E-state index in [1.165, 1.54) is 5.56 Å². The van der Waals surface area contributed by atoms with Gasteiger partial charge in [-0.2, -0.15) is 0 Å². The maximum absolute atomic E-state index is 12.4. The van der Waals surface area contributed by atoms with Crippen LogP contribution in [0.2, 0.25) is 0 Å². The lowest BCUT2D eigenvalue weighted by Gasteiger charge is -2.34. The van der Waals surface area contributed by atoms with Crippen LogP contribution in [-0.2, 0) is 10.8 Å². The predicted molar refractivity (Wildman–Crippen MR) is 330 cm³/mol. The van der Waals surface area contributed by atoms with E-state index in [4.69, 9.17) is 14.4 Å². The summed E-state index contributed by atoms with van der Waals surface area (Å²) in [5.41, 5.74) is 18.4. The van der Waals surface area contributed by atoms with Gasteiger partial charge in [0.05, 0.1) is 22.4 Å². The van der Waals surface area contributed by atoms with Crippen molar-refractivity contribution in [3.63, 3.8) is 0 Å². The van der Waals surface area contributed by atoms with E-state index >= 15 is 0 Å². The fourth-order valence-electron chi connectivity index (χ4n) is 12.0. The van der Waals surface area contributed by atoms with E-state index in [-0.39, 0.29) is 16.6 Å². The minimum absolute atomic E-state index is 0.0796. The summed E-state index contributed by atoms with van der Waals surface area (Å²) in [4.78, 5) is 10.7. The van der Waals surface area contributed by atoms with Crippen molar-refractivity contribution in [1.29, 1.82) is 0 Å². The first-order valence-electron chi connectivity index (χ1n) is 28.5. The summed E-state index contributed by atoms with van der Waals surface area (Å²) in [7, 11) is 0. The highest BCUT2D eigenvalue weighted by Crippen LogP contribution is 2.48. The molecule has 0 atom stereocenters. The van der Waals surface area contributed by atoms with Crippen LogP contribution in [0.1, 0.15) is 105 Å². The lowest BCUT2D eigenvalue weighted by atomic mass is 9.71. The van der Waals surface area contributed by atoms with E-state index < -0.39 is 5.89 Å². The Morgan fingerprint density at radius 1 is 0.570 bits per heavy atom. The van der Waals surface area contributed by atoms with E-state index in [0.29, 0.717) is 22.4 Å². The molecule has 5 nitrogen and oxygen atoms in total. The largest absolute Gasteiger partial charge is 0.507 e. The van der Waals surface area contributed by atoms with Crippen molar-refractivity contribution in [2.24, 2.45) is 5.41 Å². The second-order valence-corrected chi connectivity index (χ2v) is 24.8. The van der Waals surface area contributed by atoms with Crippen LogP contribution in [-0.4, -0.2) is 19.6 Å². The van der Waals surface area contributed by atoms with Crippen molar-refractivity contribution >= 4 is 43.7 Å². The first-order valence-corrected chi connectivity index (χ1v) is 28.0. The van der Waals surface area contributed by atoms with E-state index in [2.05, 4.69) is 236 Å². The van der Waals surface area contributed by atoms with Gasteiger partial charge in [0.1, 0.15) is 22.5 Å². The molecule has 3 heterocycles. The zero-order chi connectivity index (χ0) is 55.3. The van der Waals surface area contributed by atoms with E-state index in [0.717, 1.165) is 136 Å². The van der Waals surface area contributed by atoms with Crippen molar-refractivity contribution in [2.75, 3.05) is 0 Å². The van der Waals surface area contributed by atoms with Crippen molar-refractivity contribution in [2.45, 2.75) is 97.8 Å². The number of aromatic hydroxyl groups is 1. The van der Waals surface area contributed by atoms with Crippen LogP contribution in [0.5, 0.6) is 5.75 Å². The summed E-state index contributed by atoms with van der Waals surface area (Å²) >= 11 is 0. The minimum Gasteiger partial charge on any atom is -0.507 e. The van der Waals surface area contributed by atoms with E-state index in [1.54, 1.807) is 6.07 Å². The Hall–Kier alpha value is -8.54. The first kappa shape index (κ1) is 48.8. The molecule has 0 bridgehead atoms. The number of pyridine rings is 1. The Labute approximate surface area is 465 Å². The van der Waals surface area contributed by atoms with Gasteiger partial charge in [-0.3, -0.25) is 9.55 Å². The number of phenols is 1. The number of rotatable bonds is 8. The molecule has 0 aliphatic heterocycles. The summed E-state index contributed by atoms with van der Waals surface area (Å²) < 4.78 is 18.7. The van der Waals surface area contributed by atoms with E-state index in [9.17, 15) is 6.48 Å². The maximum Gasteiger partial charge on any atom is 0.153 e. The van der Waals surface area contributed by atoms with Gasteiger partial charge < -0.3 is 9.52 Å². The van der Waals surface area contributed by atoms with Gasteiger partial charge in [-0.1, -0.05) is 177 Å². The molecular formula is C74H67N3O2. The summed E-state index contributed by atoms with van der Waals surface area (Å²) in [6, 6.07) is 68.7. The van der Waals surface area contributed by atoms with Crippen molar-refractivity contribution in [1.82, 2.24) is 14.5 Å². The molecule has 1 aliphatic carbocycles. The van der Waals surface area contributed by atoms with Gasteiger partial charge in [-0.25, -0.2) is 4.98 Å². The molecule has 3 aromatic heterocycles. The van der Waals surface area contributed by atoms with Gasteiger partial charge >= 0.3 is 0 Å². The average Bonchev–Trinajstić information content (AvgIpc) is 4.14. The van der Waals surface area contributed by atoms with Crippen LogP contribution in [0.4, 0.5) is 0 Å². The highest BCUT2D eigenvalue weighted by atomic mass is 16.3. The molecule has 390 valence electrons. The smallest absolute Gasteiger partial charge is 0.153 e. The standard InChI is InChI=1S/C74H67N3O2/c1-72(2,3)58-40-56(39-57(41-58)63-44-54(34-37-75-63)47-18-13-10-14-19-47)59-20-15-21-65-69(59)76-71(77(65)64-30-28-53(43-62(64)73(4,5)6)46-16-11-9-12-17-46)68-66(78)31-29-60-61-42-52-27-26-51(38-55(52)45-67(61)79-70(60)68)49-24-22-48(23-25-49)50-32-35-74(7,8)36-33-50/h9-31,34,37-45,50,78H,32-33,35-36H2,1-8H3/i50D. The molecule has 12 aromatic rings. The first-order chi connectivity index (χ1) is 38.4. The number of imidazole rings is 1. The fourth-order valence-corrected chi connectivity index (χ4v) is 12.0. The molecule has 9 aromatic carbocycles. The second kappa shape index (κ2) is 19.1. The molecule has 13 rings (SSSR count). The molecule has 0 radical (unpaired) electrons. The summed E-state index contributed by atoms with van der Waals surface area (Å²) in [6.45, 7) is 18.2. The zero-order valence-electron chi connectivity index (χ0n) is 47.6. The van der Waals surface area contributed by atoms with Crippen molar-refractivity contribution in [3.8, 4) is 78.6 Å². The molecular weight excluding hydrogens is 963 g/mol. The summed E-state index contributed by atoms with van der Waals surface area (Å²) in [6.07, 6.45) is 5.82. The Morgan fingerprint density at radius 3 is 1.94 bits per heavy atom. The van der Waals surface area contributed by atoms with Gasteiger partial charge in [-0.05, 0) is 187 Å². The molecule has 0 saturated heterocycles. The highest BCUT2D eigenvalue weighted by molar-refractivity contribution is 6.14. The number of aromatic nitrogens is 3. The number of para-hydroxylation sites is 1. The topological polar surface area (TPSA) is 64.1 Å². The third-order valence-electron chi connectivity index (χ3n) is 16.7. The molecule has 1 aliphatic rings. The fraction of sp³-hybridized carbons (Fsp3) is 0.216. The van der Waals surface area contributed by atoms with Gasteiger partial charge in [0.2, 0.25) is 0 Å². The van der Waals surface area contributed by atoms with E-state index in [1.807, 2.05) is 18.3 Å². The Kier molecular flexibility index (Phi) is 11.8. The number of hydrogen-bond acceptors (Lipinski definition) is 4. The molecule has 1 N–H and O–H groups in total. The number of phenolic OH excluding ortho intramolecular Hbond substituents is 1. The number of furan rings is 1. The van der Waals surface area contributed by atoms with Crippen LogP contribution in [0.25, 0.3) is 117 Å². The van der Waals surface area contributed by atoms with Crippen molar-refractivity contribution < 1.29 is 10.9 Å². The Morgan fingerprint density at radius 2 is 1.23 bits per heavy atom. The van der Waals surface area contributed by atoms with Gasteiger partial charge in [0.25, 0.3) is 0 Å². The normalized spacial score (nSPS) is 14.8. The zero-order valence-corrected chi connectivity index (χ0v) is 46.6. The third kappa shape index (κ3) is 9.29. The summed E-state index contributed by atoms with van der Waals surface area (Å²) in [5, 5.41) is 16.5. The SMILES string of the molecule is [2H]C1(c2ccc(-c3ccc4cc5c(cc4c3)oc3c(-c4nc6c(-c7cc(-c8cc(-c9ccccc9)ccn8)cc(C(C)(C)C)c7)cccc6n4-c4ccc(-c6ccccc6)cc4C(C)(C)C)c(O)ccc35)cc2)CCC(C)(C)CC1. The quantitative estimate of drug-likeness (QED) is 0.165. The van der Waals surface area contributed by atoms with Crippen LogP contribution in [0.3, 0.4) is 0 Å². The monoisotopic (exact) mass is 1030 g/mol. The summed E-state index contributed by atoms with van der Waals surface area (Å²) in [5.74, 6) is 0.122. The van der Waals surface area contributed by atoms with Crippen LogP contribution < -0.4 is 0 Å². The molecule has 1 saturated carbocycles. The molecule has 0 amide bonds. The second-order valence-electron chi connectivity index (χ2n) is 24.8. The number of nitrogens with zero attached hydrogens (tertiary/aromatic N) is 3. The van der Waals surface area contributed by atoms with Crippen molar-refractivity contribution in [3.05, 3.63) is 217 Å². The number of fused-ring (bicyclic) bond motifs is 5. The Bertz CT molecular complexity index is 4350. The maximum atomic E-state index is 12.4. The molecule has 0 unspecified atom stereocenters. The molecule has 5 heteroatoms. The van der Waals surface area contributed by atoms with Gasteiger partial charge in [0, 0.05) is 29.5 Å². The lowest BCUT2D eigenvalue weighted by molar-refractivity contribution is 0.224. The highest BCUT2D eigenvalue weighted by Gasteiger charge is 2.30. The number of benzene rings is 9. The number of hydrogen-bond donors (Lipinski definition) is 1. The average molecular weight is 1030 g/mol. The van der Waals surface area contributed by atoms with Crippen LogP contribution in [0, 0.1) is 5.41 Å². The predicted octanol–water partition coefficient (Wildman–Crippen LogP) is 20.5.